The topological polar surface area (TPSA) is 78.5 Å². The highest BCUT2D eigenvalue weighted by molar-refractivity contribution is 7.89. The van der Waals surface area contributed by atoms with Crippen LogP contribution in [0.25, 0.3) is 10.8 Å². The summed E-state index contributed by atoms with van der Waals surface area (Å²) in [4.78, 5) is 14.4. The van der Waals surface area contributed by atoms with Gasteiger partial charge in [0, 0.05) is 39.1 Å². The Kier molecular flexibility index (Phi) is 4.69. The molecule has 0 aliphatic carbocycles. The molecule has 4 rings (SSSR count). The highest BCUT2D eigenvalue weighted by atomic mass is 32.2. The first-order chi connectivity index (χ1) is 12.5. The molecule has 0 aromatic heterocycles. The van der Waals surface area contributed by atoms with Gasteiger partial charge in [0.05, 0.1) is 4.90 Å². The molecule has 6 nitrogen and oxygen atoms in total. The van der Waals surface area contributed by atoms with Crippen LogP contribution in [0.4, 0.5) is 0 Å². The first kappa shape index (κ1) is 17.5. The molecule has 0 radical (unpaired) electrons. The van der Waals surface area contributed by atoms with Crippen molar-refractivity contribution in [3.8, 4) is 0 Å². The maximum atomic E-state index is 12.5. The molecule has 2 aromatic carbocycles. The van der Waals surface area contributed by atoms with Gasteiger partial charge in [-0.25, -0.2) is 13.1 Å². The van der Waals surface area contributed by atoms with Gasteiger partial charge in [0.25, 0.3) is 0 Å². The van der Waals surface area contributed by atoms with E-state index in [1.165, 1.54) is 0 Å². The fraction of sp³-hybridized carbons (Fsp3) is 0.421. The number of hydrogen-bond acceptors (Lipinski definition) is 4. The Morgan fingerprint density at radius 1 is 1.08 bits per heavy atom. The van der Waals surface area contributed by atoms with Crippen molar-refractivity contribution in [2.75, 3.05) is 32.7 Å². The van der Waals surface area contributed by atoms with Gasteiger partial charge in [0.1, 0.15) is 0 Å². The first-order valence-electron chi connectivity index (χ1n) is 9.00. The summed E-state index contributed by atoms with van der Waals surface area (Å²) in [5.41, 5.74) is 0. The number of carbonyl (C=O) groups excluding carboxylic acids is 1. The SMILES string of the molecule is O=C(CCNS(=O)(=O)c1ccc2ccccc2c1)N1C[C@H]2CNC[C@H]2C1. The Bertz CT molecular complexity index is 917. The van der Waals surface area contributed by atoms with Gasteiger partial charge in [-0.2, -0.15) is 0 Å². The molecule has 2 heterocycles. The minimum atomic E-state index is -3.62. The van der Waals surface area contributed by atoms with E-state index in [0.717, 1.165) is 37.0 Å². The van der Waals surface area contributed by atoms with Crippen LogP contribution in [0.5, 0.6) is 0 Å². The van der Waals surface area contributed by atoms with Gasteiger partial charge in [-0.1, -0.05) is 30.3 Å². The molecule has 138 valence electrons. The zero-order chi connectivity index (χ0) is 18.1. The number of benzene rings is 2. The molecule has 26 heavy (non-hydrogen) atoms. The van der Waals surface area contributed by atoms with E-state index < -0.39 is 10.0 Å². The van der Waals surface area contributed by atoms with E-state index in [-0.39, 0.29) is 23.8 Å². The van der Waals surface area contributed by atoms with E-state index in [4.69, 9.17) is 0 Å². The highest BCUT2D eigenvalue weighted by Gasteiger charge is 2.37. The summed E-state index contributed by atoms with van der Waals surface area (Å²) in [7, 11) is -3.62. The molecule has 0 bridgehead atoms. The van der Waals surface area contributed by atoms with E-state index in [1.54, 1.807) is 18.2 Å². The van der Waals surface area contributed by atoms with Crippen molar-refractivity contribution in [2.24, 2.45) is 11.8 Å². The van der Waals surface area contributed by atoms with Crippen molar-refractivity contribution >= 4 is 26.7 Å². The second kappa shape index (κ2) is 6.98. The zero-order valence-electron chi connectivity index (χ0n) is 14.5. The van der Waals surface area contributed by atoms with Crippen LogP contribution in [0, 0.1) is 11.8 Å². The molecule has 2 aliphatic rings. The van der Waals surface area contributed by atoms with Crippen LogP contribution < -0.4 is 10.0 Å². The van der Waals surface area contributed by atoms with Crippen molar-refractivity contribution in [3.05, 3.63) is 42.5 Å². The quantitative estimate of drug-likeness (QED) is 0.825. The van der Waals surface area contributed by atoms with Crippen molar-refractivity contribution in [3.63, 3.8) is 0 Å². The minimum absolute atomic E-state index is 0.0283. The third-order valence-corrected chi connectivity index (χ3v) is 6.86. The molecule has 2 atom stereocenters. The zero-order valence-corrected chi connectivity index (χ0v) is 15.3. The number of fused-ring (bicyclic) bond motifs is 2. The maximum Gasteiger partial charge on any atom is 0.240 e. The molecular weight excluding hydrogens is 350 g/mol. The molecule has 0 spiro atoms. The molecule has 0 saturated carbocycles. The van der Waals surface area contributed by atoms with Gasteiger partial charge in [-0.3, -0.25) is 4.79 Å². The molecule has 2 aliphatic heterocycles. The number of sulfonamides is 1. The third kappa shape index (κ3) is 3.47. The third-order valence-electron chi connectivity index (χ3n) is 5.40. The van der Waals surface area contributed by atoms with Gasteiger partial charge >= 0.3 is 0 Å². The summed E-state index contributed by atoms with van der Waals surface area (Å²) >= 11 is 0. The van der Waals surface area contributed by atoms with Crippen LogP contribution >= 0.6 is 0 Å². The van der Waals surface area contributed by atoms with Gasteiger partial charge in [-0.05, 0) is 34.7 Å². The standard InChI is InChI=1S/C19H23N3O3S/c23-19(22-12-16-10-20-11-17(16)13-22)7-8-21-26(24,25)18-6-5-14-3-1-2-4-15(14)9-18/h1-6,9,16-17,20-21H,7-8,10-13H2/t16-,17+. The average Bonchev–Trinajstić information content (AvgIpc) is 3.23. The average molecular weight is 373 g/mol. The van der Waals surface area contributed by atoms with Crippen LogP contribution in [-0.4, -0.2) is 51.9 Å². The van der Waals surface area contributed by atoms with E-state index >= 15 is 0 Å². The molecule has 1 amide bonds. The normalized spacial score (nSPS) is 22.7. The molecular formula is C19H23N3O3S. The molecule has 7 heteroatoms. The fourth-order valence-electron chi connectivity index (χ4n) is 3.93. The smallest absolute Gasteiger partial charge is 0.240 e. The summed E-state index contributed by atoms with van der Waals surface area (Å²) in [6.07, 6.45) is 0.194. The number of hydrogen-bond donors (Lipinski definition) is 2. The lowest BCUT2D eigenvalue weighted by Crippen LogP contribution is -2.35. The van der Waals surface area contributed by atoms with Gasteiger partial charge in [0.15, 0.2) is 0 Å². The van der Waals surface area contributed by atoms with E-state index in [1.807, 2.05) is 29.2 Å². The fourth-order valence-corrected chi connectivity index (χ4v) is 4.99. The van der Waals surface area contributed by atoms with Crippen molar-refractivity contribution in [1.29, 1.82) is 0 Å². The van der Waals surface area contributed by atoms with Crippen molar-refractivity contribution in [2.45, 2.75) is 11.3 Å². The first-order valence-corrected chi connectivity index (χ1v) is 10.5. The van der Waals surface area contributed by atoms with Crippen LogP contribution in [0.15, 0.2) is 47.4 Å². The minimum Gasteiger partial charge on any atom is -0.342 e. The number of rotatable bonds is 5. The Balaban J connectivity index is 1.35. The Hall–Kier alpha value is -1.96. The Labute approximate surface area is 153 Å². The van der Waals surface area contributed by atoms with Gasteiger partial charge in [0.2, 0.25) is 15.9 Å². The van der Waals surface area contributed by atoms with Crippen molar-refractivity contribution < 1.29 is 13.2 Å². The monoisotopic (exact) mass is 373 g/mol. The summed E-state index contributed by atoms with van der Waals surface area (Å²) in [5.74, 6) is 1.13. The van der Waals surface area contributed by atoms with E-state index in [9.17, 15) is 13.2 Å². The number of amides is 1. The summed E-state index contributed by atoms with van der Waals surface area (Å²) < 4.78 is 27.5. The number of carbonyl (C=O) groups is 1. The molecule has 2 aromatic rings. The lowest BCUT2D eigenvalue weighted by molar-refractivity contribution is -0.130. The second-order valence-electron chi connectivity index (χ2n) is 7.13. The Morgan fingerprint density at radius 2 is 1.77 bits per heavy atom. The summed E-state index contributed by atoms with van der Waals surface area (Å²) in [5, 5.41) is 5.22. The van der Waals surface area contributed by atoms with Crippen molar-refractivity contribution in [1.82, 2.24) is 14.9 Å². The van der Waals surface area contributed by atoms with Crippen LogP contribution in [0.2, 0.25) is 0 Å². The molecule has 0 unspecified atom stereocenters. The summed E-state index contributed by atoms with van der Waals surface area (Å²) in [6.45, 7) is 3.64. The predicted octanol–water partition coefficient (Wildman–Crippen LogP) is 1.19. The molecule has 2 fully saturated rings. The highest BCUT2D eigenvalue weighted by Crippen LogP contribution is 2.26. The van der Waals surface area contributed by atoms with Crippen LogP contribution in [0.3, 0.4) is 0 Å². The molecule has 2 saturated heterocycles. The van der Waals surface area contributed by atoms with Crippen LogP contribution in [0.1, 0.15) is 6.42 Å². The predicted molar refractivity (Wildman–Crippen MR) is 100 cm³/mol. The maximum absolute atomic E-state index is 12.5. The second-order valence-corrected chi connectivity index (χ2v) is 8.90. The molecule has 2 N–H and O–H groups in total. The van der Waals surface area contributed by atoms with Gasteiger partial charge in [-0.15, -0.1) is 0 Å². The summed E-state index contributed by atoms with van der Waals surface area (Å²) in [6, 6.07) is 12.7. The largest absolute Gasteiger partial charge is 0.342 e. The van der Waals surface area contributed by atoms with E-state index in [2.05, 4.69) is 10.0 Å². The van der Waals surface area contributed by atoms with Crippen LogP contribution in [-0.2, 0) is 14.8 Å². The number of nitrogens with zero attached hydrogens (tertiary/aromatic N) is 1. The number of likely N-dealkylation sites (tertiary alicyclic amines) is 1. The lowest BCUT2D eigenvalue weighted by Gasteiger charge is -2.17. The Morgan fingerprint density at radius 3 is 2.50 bits per heavy atom. The lowest BCUT2D eigenvalue weighted by atomic mass is 10.0. The van der Waals surface area contributed by atoms with E-state index in [0.29, 0.717) is 11.8 Å². The van der Waals surface area contributed by atoms with Gasteiger partial charge < -0.3 is 10.2 Å². The number of nitrogens with one attached hydrogen (secondary N) is 2.